The normalized spacial score (nSPS) is 12.2. The van der Waals surface area contributed by atoms with Gasteiger partial charge in [0.1, 0.15) is 5.75 Å². The Labute approximate surface area is 99.3 Å². The summed E-state index contributed by atoms with van der Waals surface area (Å²) in [4.78, 5) is 0. The van der Waals surface area contributed by atoms with Gasteiger partial charge in [0.15, 0.2) is 11.6 Å². The van der Waals surface area contributed by atoms with Gasteiger partial charge in [-0.3, -0.25) is 0 Å². The average molecular weight is 232 g/mol. The van der Waals surface area contributed by atoms with Crippen LogP contribution in [0, 0.1) is 5.82 Å². The van der Waals surface area contributed by atoms with Crippen LogP contribution in [-0.2, 0) is 0 Å². The van der Waals surface area contributed by atoms with Crippen molar-refractivity contribution in [3.63, 3.8) is 0 Å². The number of benzene rings is 2. The Morgan fingerprint density at radius 3 is 2.47 bits per heavy atom. The molecular weight excluding hydrogens is 219 g/mol. The Morgan fingerprint density at radius 2 is 1.82 bits per heavy atom. The fourth-order valence-electron chi connectivity index (χ4n) is 1.47. The minimum absolute atomic E-state index is 0.120. The van der Waals surface area contributed by atoms with E-state index in [1.165, 1.54) is 18.2 Å². The van der Waals surface area contributed by atoms with Crippen LogP contribution in [0.25, 0.3) is 0 Å². The standard InChI is InChI=1S/C14H13FO2/c1-10(16)11-7-8-13(15)14(9-11)17-12-5-3-2-4-6-12/h2-10,16H,1H3/t10-/m1/s1. The predicted octanol–water partition coefficient (Wildman–Crippen LogP) is 3.67. The van der Waals surface area contributed by atoms with Crippen LogP contribution in [0.3, 0.4) is 0 Å². The third-order valence-electron chi connectivity index (χ3n) is 2.41. The van der Waals surface area contributed by atoms with Crippen LogP contribution in [0.15, 0.2) is 48.5 Å². The molecule has 0 aromatic heterocycles. The SMILES string of the molecule is C[C@@H](O)c1ccc(F)c(Oc2ccccc2)c1. The minimum Gasteiger partial charge on any atom is -0.454 e. The van der Waals surface area contributed by atoms with Crippen LogP contribution in [0.5, 0.6) is 11.5 Å². The highest BCUT2D eigenvalue weighted by atomic mass is 19.1. The summed E-state index contributed by atoms with van der Waals surface area (Å²) in [5.74, 6) is 0.238. The highest BCUT2D eigenvalue weighted by molar-refractivity contribution is 5.35. The smallest absolute Gasteiger partial charge is 0.165 e. The van der Waals surface area contributed by atoms with Crippen LogP contribution in [-0.4, -0.2) is 5.11 Å². The number of hydrogen-bond donors (Lipinski definition) is 1. The van der Waals surface area contributed by atoms with Crippen LogP contribution >= 0.6 is 0 Å². The van der Waals surface area contributed by atoms with Gasteiger partial charge in [0.05, 0.1) is 6.10 Å². The molecule has 0 spiro atoms. The van der Waals surface area contributed by atoms with Gasteiger partial charge in [-0.05, 0) is 36.8 Å². The van der Waals surface area contributed by atoms with E-state index >= 15 is 0 Å². The van der Waals surface area contributed by atoms with E-state index in [4.69, 9.17) is 4.74 Å². The molecule has 2 aromatic carbocycles. The topological polar surface area (TPSA) is 29.5 Å². The van der Waals surface area contributed by atoms with Crippen molar-refractivity contribution in [3.8, 4) is 11.5 Å². The molecule has 0 amide bonds. The number of ether oxygens (including phenoxy) is 1. The summed E-state index contributed by atoms with van der Waals surface area (Å²) >= 11 is 0. The van der Waals surface area contributed by atoms with Gasteiger partial charge in [-0.25, -0.2) is 4.39 Å². The highest BCUT2D eigenvalue weighted by Gasteiger charge is 2.08. The zero-order valence-corrected chi connectivity index (χ0v) is 9.43. The lowest BCUT2D eigenvalue weighted by Crippen LogP contribution is -1.94. The van der Waals surface area contributed by atoms with E-state index in [1.54, 1.807) is 19.1 Å². The molecule has 0 fully saturated rings. The molecule has 0 heterocycles. The fraction of sp³-hybridized carbons (Fsp3) is 0.143. The quantitative estimate of drug-likeness (QED) is 0.874. The summed E-state index contributed by atoms with van der Waals surface area (Å²) in [5, 5.41) is 9.43. The third kappa shape index (κ3) is 2.82. The second kappa shape index (κ2) is 4.97. The van der Waals surface area contributed by atoms with Gasteiger partial charge < -0.3 is 9.84 Å². The fourth-order valence-corrected chi connectivity index (χ4v) is 1.47. The van der Waals surface area contributed by atoms with E-state index in [9.17, 15) is 9.50 Å². The Kier molecular flexibility index (Phi) is 3.40. The van der Waals surface area contributed by atoms with Crippen LogP contribution in [0.2, 0.25) is 0 Å². The number of hydrogen-bond acceptors (Lipinski definition) is 2. The van der Waals surface area contributed by atoms with E-state index < -0.39 is 11.9 Å². The number of aliphatic hydroxyl groups is 1. The zero-order valence-electron chi connectivity index (χ0n) is 9.43. The molecule has 3 heteroatoms. The summed E-state index contributed by atoms with van der Waals surface area (Å²) in [6, 6.07) is 13.3. The number of aliphatic hydroxyl groups excluding tert-OH is 1. The summed E-state index contributed by atoms with van der Waals surface area (Å²) < 4.78 is 18.9. The Morgan fingerprint density at radius 1 is 1.12 bits per heavy atom. The largest absolute Gasteiger partial charge is 0.454 e. The van der Waals surface area contributed by atoms with Crippen molar-refractivity contribution in [2.75, 3.05) is 0 Å². The lowest BCUT2D eigenvalue weighted by Gasteiger charge is -2.10. The first kappa shape index (κ1) is 11.6. The number of para-hydroxylation sites is 1. The van der Waals surface area contributed by atoms with Crippen molar-refractivity contribution in [3.05, 3.63) is 59.9 Å². The molecule has 88 valence electrons. The van der Waals surface area contributed by atoms with Crippen LogP contribution in [0.4, 0.5) is 4.39 Å². The average Bonchev–Trinajstić information content (AvgIpc) is 2.33. The molecule has 1 N–H and O–H groups in total. The van der Waals surface area contributed by atoms with E-state index in [-0.39, 0.29) is 5.75 Å². The van der Waals surface area contributed by atoms with Crippen molar-refractivity contribution in [1.82, 2.24) is 0 Å². The molecule has 0 aliphatic carbocycles. The Bertz CT molecular complexity index is 495. The monoisotopic (exact) mass is 232 g/mol. The van der Waals surface area contributed by atoms with Crippen LogP contribution < -0.4 is 4.74 Å². The second-order valence-corrected chi connectivity index (χ2v) is 3.78. The molecule has 0 unspecified atom stereocenters. The van der Waals surface area contributed by atoms with Crippen molar-refractivity contribution < 1.29 is 14.2 Å². The third-order valence-corrected chi connectivity index (χ3v) is 2.41. The van der Waals surface area contributed by atoms with E-state index in [2.05, 4.69) is 0 Å². The molecule has 0 radical (unpaired) electrons. The molecule has 1 atom stereocenters. The van der Waals surface area contributed by atoms with E-state index in [0.717, 1.165) is 0 Å². The molecule has 2 nitrogen and oxygen atoms in total. The first-order valence-corrected chi connectivity index (χ1v) is 5.37. The van der Waals surface area contributed by atoms with Crippen molar-refractivity contribution in [2.24, 2.45) is 0 Å². The van der Waals surface area contributed by atoms with Gasteiger partial charge in [-0.2, -0.15) is 0 Å². The zero-order chi connectivity index (χ0) is 12.3. The van der Waals surface area contributed by atoms with Gasteiger partial charge in [0.2, 0.25) is 0 Å². The van der Waals surface area contributed by atoms with Gasteiger partial charge in [0, 0.05) is 0 Å². The molecule has 0 saturated carbocycles. The summed E-state index contributed by atoms with van der Waals surface area (Å²) in [5.41, 5.74) is 0.623. The van der Waals surface area contributed by atoms with Crippen molar-refractivity contribution in [2.45, 2.75) is 13.0 Å². The van der Waals surface area contributed by atoms with E-state index in [0.29, 0.717) is 11.3 Å². The maximum Gasteiger partial charge on any atom is 0.165 e. The van der Waals surface area contributed by atoms with Gasteiger partial charge in [0.25, 0.3) is 0 Å². The summed E-state index contributed by atoms with van der Waals surface area (Å²) in [7, 11) is 0. The van der Waals surface area contributed by atoms with Crippen molar-refractivity contribution >= 4 is 0 Å². The minimum atomic E-state index is -0.645. The molecular formula is C14H13FO2. The lowest BCUT2D eigenvalue weighted by molar-refractivity contribution is 0.198. The maximum atomic E-state index is 13.5. The lowest BCUT2D eigenvalue weighted by atomic mass is 10.1. The van der Waals surface area contributed by atoms with Gasteiger partial charge in [-0.15, -0.1) is 0 Å². The molecule has 2 rings (SSSR count). The predicted molar refractivity (Wildman–Crippen MR) is 63.5 cm³/mol. The van der Waals surface area contributed by atoms with Gasteiger partial charge in [-0.1, -0.05) is 24.3 Å². The molecule has 2 aromatic rings. The van der Waals surface area contributed by atoms with Gasteiger partial charge >= 0.3 is 0 Å². The highest BCUT2D eigenvalue weighted by Crippen LogP contribution is 2.27. The molecule has 0 aliphatic rings. The molecule has 0 bridgehead atoms. The molecule has 17 heavy (non-hydrogen) atoms. The molecule has 0 saturated heterocycles. The first-order chi connectivity index (χ1) is 8.16. The molecule has 0 aliphatic heterocycles. The maximum absolute atomic E-state index is 13.5. The van der Waals surface area contributed by atoms with Crippen molar-refractivity contribution in [1.29, 1.82) is 0 Å². The number of rotatable bonds is 3. The summed E-state index contributed by atoms with van der Waals surface area (Å²) in [6.45, 7) is 1.62. The Balaban J connectivity index is 2.29. The second-order valence-electron chi connectivity index (χ2n) is 3.78. The first-order valence-electron chi connectivity index (χ1n) is 5.37. The summed E-state index contributed by atoms with van der Waals surface area (Å²) in [6.07, 6.45) is -0.645. The number of halogens is 1. The van der Waals surface area contributed by atoms with Crippen LogP contribution in [0.1, 0.15) is 18.6 Å². The Hall–Kier alpha value is -1.87. The van der Waals surface area contributed by atoms with E-state index in [1.807, 2.05) is 18.2 Å².